The van der Waals surface area contributed by atoms with Crippen LogP contribution in [-0.4, -0.2) is 54.7 Å². The fourth-order valence-corrected chi connectivity index (χ4v) is 8.38. The quantitative estimate of drug-likeness (QED) is 0.276. The first-order valence-electron chi connectivity index (χ1n) is 13.0. The van der Waals surface area contributed by atoms with Gasteiger partial charge in [0.1, 0.15) is 0 Å². The Labute approximate surface area is 227 Å². The first-order chi connectivity index (χ1) is 18.2. The van der Waals surface area contributed by atoms with Gasteiger partial charge in [0.05, 0.1) is 0 Å². The van der Waals surface area contributed by atoms with Gasteiger partial charge in [-0.3, -0.25) is 0 Å². The molecular weight excluding hydrogens is 585 g/mol. The summed E-state index contributed by atoms with van der Waals surface area (Å²) in [6.45, 7) is 6.17. The predicted molar refractivity (Wildman–Crippen MR) is 130 cm³/mol. The van der Waals surface area contributed by atoms with Crippen LogP contribution in [0.5, 0.6) is 11.5 Å². The average molecular weight is 614 g/mol. The molecule has 194 valence electrons. The van der Waals surface area contributed by atoms with Gasteiger partial charge >= 0.3 is 198 Å². The van der Waals surface area contributed by atoms with E-state index in [0.29, 0.717) is 0 Å². The van der Waals surface area contributed by atoms with Crippen molar-refractivity contribution < 1.29 is 47.1 Å². The van der Waals surface area contributed by atoms with Gasteiger partial charge < -0.3 is 0 Å². The minimum Gasteiger partial charge on any atom is -0.0622 e. The second-order valence-corrected chi connectivity index (χ2v) is 12.0. The summed E-state index contributed by atoms with van der Waals surface area (Å²) in [5, 5.41) is 0. The van der Waals surface area contributed by atoms with Gasteiger partial charge in [-0.1, -0.05) is 30.3 Å². The number of epoxide rings is 2. The molecule has 8 rings (SSSR count). The molecule has 0 radical (unpaired) electrons. The van der Waals surface area contributed by atoms with Crippen molar-refractivity contribution in [1.82, 2.24) is 4.90 Å². The SMILES string of the molecule is C=CC1(C2OC2OC2C(OC)=CC34CCCN3CCc3cc5c(cc3C24)O[I-]O5)OC1c1ccccc1. The van der Waals surface area contributed by atoms with Crippen molar-refractivity contribution in [3.63, 3.8) is 0 Å². The summed E-state index contributed by atoms with van der Waals surface area (Å²) in [6.07, 6.45) is 6.54. The molecule has 5 heterocycles. The van der Waals surface area contributed by atoms with E-state index in [4.69, 9.17) is 25.1 Å². The van der Waals surface area contributed by atoms with Crippen LogP contribution in [0.25, 0.3) is 0 Å². The average Bonchev–Trinajstić information content (AvgIpc) is 3.73. The minimum atomic E-state index is -0.727. The van der Waals surface area contributed by atoms with Crippen molar-refractivity contribution in [2.45, 2.75) is 60.9 Å². The topological polar surface area (TPSA) is 65.2 Å². The maximum atomic E-state index is 6.82. The van der Waals surface area contributed by atoms with Crippen LogP contribution in [0, 0.1) is 0 Å². The number of hydrogen-bond donors (Lipinski definition) is 0. The number of fused-ring (bicyclic) bond motifs is 3. The van der Waals surface area contributed by atoms with Crippen LogP contribution < -0.4 is 28.2 Å². The third kappa shape index (κ3) is 3.26. The molecule has 0 amide bonds. The standard InChI is InChI=1S/C29H29INO6/c1-3-29(25(35-29)17-8-5-4-6-9-17)26-27(34-26)33-24-22(32-2)16-28-11-7-12-31(28)13-10-18-14-20-21(37-30-36-20)15-19(18)23(24)28/h3-6,8-9,14-16,23-27H,1,7,10-13H2,2H3/q-1. The second-order valence-electron chi connectivity index (χ2n) is 10.7. The second kappa shape index (κ2) is 8.19. The number of halogens is 1. The summed E-state index contributed by atoms with van der Waals surface area (Å²) in [6, 6.07) is 14.7. The molecule has 7 nitrogen and oxygen atoms in total. The summed E-state index contributed by atoms with van der Waals surface area (Å²) in [4.78, 5) is 2.63. The van der Waals surface area contributed by atoms with Gasteiger partial charge in [0, 0.05) is 0 Å². The Kier molecular flexibility index (Phi) is 5.06. The fourth-order valence-electron chi connectivity index (χ4n) is 7.22. The number of rotatable bonds is 6. The van der Waals surface area contributed by atoms with E-state index < -0.39 is 27.6 Å². The van der Waals surface area contributed by atoms with Gasteiger partial charge in [-0.25, -0.2) is 0 Å². The zero-order chi connectivity index (χ0) is 24.8. The van der Waals surface area contributed by atoms with E-state index in [2.05, 4.69) is 41.8 Å². The number of hydrogen-bond acceptors (Lipinski definition) is 7. The Morgan fingerprint density at radius 2 is 1.97 bits per heavy atom. The summed E-state index contributed by atoms with van der Waals surface area (Å²) in [5.74, 6) is 2.72. The normalized spacial score (nSPS) is 38.9. The zero-order valence-corrected chi connectivity index (χ0v) is 22.8. The van der Waals surface area contributed by atoms with E-state index in [1.807, 2.05) is 24.3 Å². The number of ether oxygens (including phenoxy) is 4. The van der Waals surface area contributed by atoms with Crippen molar-refractivity contribution in [2.75, 3.05) is 20.2 Å². The van der Waals surface area contributed by atoms with E-state index >= 15 is 0 Å². The molecule has 1 spiro atoms. The Morgan fingerprint density at radius 1 is 1.14 bits per heavy atom. The number of methoxy groups -OCH3 is 1. The van der Waals surface area contributed by atoms with Crippen LogP contribution in [-0.2, 0) is 25.4 Å². The van der Waals surface area contributed by atoms with Gasteiger partial charge in [0.15, 0.2) is 0 Å². The van der Waals surface area contributed by atoms with E-state index in [0.717, 1.165) is 55.2 Å². The van der Waals surface area contributed by atoms with Crippen LogP contribution in [0.15, 0.2) is 67.0 Å². The Bertz CT molecular complexity index is 1300. The molecule has 1 aliphatic carbocycles. The molecule has 3 saturated heterocycles. The molecule has 7 atom stereocenters. The van der Waals surface area contributed by atoms with Crippen molar-refractivity contribution >= 4 is 0 Å². The molecule has 0 aromatic heterocycles. The van der Waals surface area contributed by atoms with Crippen LogP contribution in [0.4, 0.5) is 0 Å². The van der Waals surface area contributed by atoms with Crippen molar-refractivity contribution in [1.29, 1.82) is 0 Å². The third-order valence-corrected chi connectivity index (χ3v) is 10.3. The van der Waals surface area contributed by atoms with Gasteiger partial charge in [0.2, 0.25) is 0 Å². The van der Waals surface area contributed by atoms with Gasteiger partial charge in [-0.2, -0.15) is 0 Å². The Morgan fingerprint density at radius 3 is 2.78 bits per heavy atom. The molecule has 7 unspecified atom stereocenters. The Hall–Kier alpha value is -2.11. The van der Waals surface area contributed by atoms with E-state index in [1.165, 1.54) is 11.1 Å². The predicted octanol–water partition coefficient (Wildman–Crippen LogP) is 1.20. The maximum absolute atomic E-state index is 6.82. The summed E-state index contributed by atoms with van der Waals surface area (Å²) in [5.41, 5.74) is 3.04. The molecule has 0 bridgehead atoms. The molecule has 37 heavy (non-hydrogen) atoms. The van der Waals surface area contributed by atoms with Crippen LogP contribution >= 0.6 is 0 Å². The van der Waals surface area contributed by atoms with E-state index in [-0.39, 0.29) is 36.1 Å². The molecule has 5 aliphatic heterocycles. The van der Waals surface area contributed by atoms with Gasteiger partial charge in [-0.05, 0) is 0 Å². The third-order valence-electron chi connectivity index (χ3n) is 9.04. The first kappa shape index (κ1) is 22.8. The molecule has 0 N–H and O–H groups in total. The summed E-state index contributed by atoms with van der Waals surface area (Å²) < 4.78 is 36.9. The summed E-state index contributed by atoms with van der Waals surface area (Å²) in [7, 11) is 1.75. The number of benzene rings is 2. The van der Waals surface area contributed by atoms with Crippen LogP contribution in [0.3, 0.4) is 0 Å². The minimum absolute atomic E-state index is 0.0656. The van der Waals surface area contributed by atoms with Crippen LogP contribution in [0.1, 0.15) is 41.6 Å². The smallest absolute Gasteiger partial charge is 0.0622 e. The van der Waals surface area contributed by atoms with E-state index in [9.17, 15) is 0 Å². The Balaban J connectivity index is 1.13. The molecular formula is C29H29INO6-. The van der Waals surface area contributed by atoms with Crippen molar-refractivity contribution in [3.8, 4) is 11.5 Å². The van der Waals surface area contributed by atoms with Gasteiger partial charge in [-0.15, -0.1) is 0 Å². The monoisotopic (exact) mass is 614 g/mol. The first-order valence-corrected chi connectivity index (χ1v) is 14.8. The summed E-state index contributed by atoms with van der Waals surface area (Å²) >= 11 is -0.727. The molecule has 2 aromatic rings. The van der Waals surface area contributed by atoms with Crippen molar-refractivity contribution in [3.05, 3.63) is 83.6 Å². The molecule has 2 aromatic carbocycles. The zero-order valence-electron chi connectivity index (χ0n) is 20.6. The van der Waals surface area contributed by atoms with Gasteiger partial charge in [0.25, 0.3) is 0 Å². The van der Waals surface area contributed by atoms with Crippen LogP contribution in [0.2, 0.25) is 0 Å². The number of nitrogens with zero attached hydrogens (tertiary/aromatic N) is 1. The molecule has 0 saturated carbocycles. The molecule has 6 aliphatic rings. The molecule has 3 fully saturated rings. The van der Waals surface area contributed by atoms with E-state index in [1.54, 1.807) is 7.11 Å². The van der Waals surface area contributed by atoms with Crippen molar-refractivity contribution in [2.24, 2.45) is 0 Å². The fraction of sp³-hybridized carbons (Fsp3) is 0.448. The molecule has 8 heteroatoms.